The van der Waals surface area contributed by atoms with E-state index < -0.39 is 0 Å². The summed E-state index contributed by atoms with van der Waals surface area (Å²) >= 11 is 1.47. The SMILES string of the molecule is Cc1cncc(N2CCN(C(C)c3nc4nc(C)sc4cc3F)CC2)n1. The summed E-state index contributed by atoms with van der Waals surface area (Å²) in [5.74, 6) is 0.654. The van der Waals surface area contributed by atoms with Gasteiger partial charge in [0.25, 0.3) is 0 Å². The van der Waals surface area contributed by atoms with Crippen LogP contribution in [0, 0.1) is 19.7 Å². The zero-order chi connectivity index (χ0) is 18.3. The predicted molar refractivity (Wildman–Crippen MR) is 101 cm³/mol. The lowest BCUT2D eigenvalue weighted by Gasteiger charge is -2.38. The number of rotatable bonds is 3. The van der Waals surface area contributed by atoms with Crippen LogP contribution in [0.4, 0.5) is 10.2 Å². The number of aryl methyl sites for hydroxylation is 2. The molecule has 0 N–H and O–H groups in total. The fourth-order valence-electron chi connectivity index (χ4n) is 3.37. The van der Waals surface area contributed by atoms with Crippen LogP contribution in [0.15, 0.2) is 18.5 Å². The van der Waals surface area contributed by atoms with E-state index in [1.807, 2.05) is 20.8 Å². The van der Waals surface area contributed by atoms with E-state index in [0.717, 1.165) is 47.4 Å². The summed E-state index contributed by atoms with van der Waals surface area (Å²) in [6, 6.07) is 1.48. The van der Waals surface area contributed by atoms with Gasteiger partial charge in [0.1, 0.15) is 11.6 Å². The summed E-state index contributed by atoms with van der Waals surface area (Å²) < 4.78 is 15.4. The molecule has 0 aliphatic carbocycles. The Balaban J connectivity index is 1.50. The molecule has 1 saturated heterocycles. The van der Waals surface area contributed by atoms with E-state index in [1.165, 1.54) is 11.3 Å². The zero-order valence-corrected chi connectivity index (χ0v) is 15.9. The molecule has 1 aliphatic heterocycles. The van der Waals surface area contributed by atoms with E-state index in [2.05, 4.69) is 29.7 Å². The molecule has 136 valence electrons. The van der Waals surface area contributed by atoms with Crippen LogP contribution in [0.2, 0.25) is 0 Å². The van der Waals surface area contributed by atoms with E-state index in [9.17, 15) is 4.39 Å². The molecule has 0 saturated carbocycles. The van der Waals surface area contributed by atoms with Gasteiger partial charge in [-0.1, -0.05) is 0 Å². The lowest BCUT2D eigenvalue weighted by molar-refractivity contribution is 0.191. The van der Waals surface area contributed by atoms with Crippen molar-refractivity contribution in [2.75, 3.05) is 31.1 Å². The van der Waals surface area contributed by atoms with Gasteiger partial charge in [0, 0.05) is 32.4 Å². The number of aromatic nitrogens is 4. The van der Waals surface area contributed by atoms with Crippen LogP contribution in [0.3, 0.4) is 0 Å². The number of anilines is 1. The first-order valence-corrected chi connectivity index (χ1v) is 9.54. The summed E-state index contributed by atoms with van der Waals surface area (Å²) in [5.41, 5.74) is 2.03. The highest BCUT2D eigenvalue weighted by Gasteiger charge is 2.26. The van der Waals surface area contributed by atoms with Crippen molar-refractivity contribution in [1.29, 1.82) is 0 Å². The molecule has 0 aromatic carbocycles. The van der Waals surface area contributed by atoms with Crippen LogP contribution in [-0.4, -0.2) is 51.0 Å². The summed E-state index contributed by atoms with van der Waals surface area (Å²) in [6.07, 6.45) is 3.55. The molecule has 1 atom stereocenters. The largest absolute Gasteiger partial charge is 0.353 e. The minimum atomic E-state index is -0.249. The van der Waals surface area contributed by atoms with Crippen molar-refractivity contribution < 1.29 is 4.39 Å². The van der Waals surface area contributed by atoms with Crippen LogP contribution in [0.1, 0.15) is 29.4 Å². The maximum absolute atomic E-state index is 14.6. The van der Waals surface area contributed by atoms with Crippen LogP contribution in [-0.2, 0) is 0 Å². The highest BCUT2D eigenvalue weighted by Crippen LogP contribution is 2.28. The Morgan fingerprint density at radius 2 is 1.85 bits per heavy atom. The van der Waals surface area contributed by atoms with E-state index in [1.54, 1.807) is 18.5 Å². The van der Waals surface area contributed by atoms with Crippen molar-refractivity contribution in [3.63, 3.8) is 0 Å². The van der Waals surface area contributed by atoms with Crippen LogP contribution in [0.5, 0.6) is 0 Å². The maximum atomic E-state index is 14.6. The van der Waals surface area contributed by atoms with Gasteiger partial charge < -0.3 is 4.90 Å². The fraction of sp³-hybridized carbons (Fsp3) is 0.444. The Kier molecular flexibility index (Phi) is 4.54. The van der Waals surface area contributed by atoms with Gasteiger partial charge in [0.2, 0.25) is 0 Å². The Hall–Kier alpha value is -2.19. The summed E-state index contributed by atoms with van der Waals surface area (Å²) in [4.78, 5) is 22.2. The standard InChI is InChI=1S/C18H21FN6S/c1-11-9-20-10-16(21-11)25-6-4-24(5-7-25)12(2)17-14(19)8-15-18(23-17)22-13(3)26-15/h8-10,12H,4-7H2,1-3H3. The molecule has 4 rings (SSSR count). The topological polar surface area (TPSA) is 58.0 Å². The summed E-state index contributed by atoms with van der Waals surface area (Å²) in [6.45, 7) is 9.20. The molecule has 0 spiro atoms. The normalized spacial score (nSPS) is 17.0. The average molecular weight is 372 g/mol. The molecule has 6 nitrogen and oxygen atoms in total. The Morgan fingerprint density at radius 3 is 2.58 bits per heavy atom. The van der Waals surface area contributed by atoms with Crippen LogP contribution >= 0.6 is 11.3 Å². The Morgan fingerprint density at radius 1 is 1.08 bits per heavy atom. The lowest BCUT2D eigenvalue weighted by atomic mass is 10.1. The smallest absolute Gasteiger partial charge is 0.171 e. The minimum Gasteiger partial charge on any atom is -0.353 e. The molecule has 0 bridgehead atoms. The van der Waals surface area contributed by atoms with Gasteiger partial charge in [-0.2, -0.15) is 0 Å². The Bertz CT molecular complexity index is 935. The third kappa shape index (κ3) is 3.26. The third-order valence-corrected chi connectivity index (χ3v) is 5.70. The van der Waals surface area contributed by atoms with Gasteiger partial charge >= 0.3 is 0 Å². The number of halogens is 1. The highest BCUT2D eigenvalue weighted by molar-refractivity contribution is 7.18. The molecule has 8 heteroatoms. The molecule has 1 unspecified atom stereocenters. The molecule has 1 fully saturated rings. The van der Waals surface area contributed by atoms with E-state index >= 15 is 0 Å². The van der Waals surface area contributed by atoms with E-state index in [-0.39, 0.29) is 11.9 Å². The number of pyridine rings is 1. The molecule has 26 heavy (non-hydrogen) atoms. The fourth-order valence-corrected chi connectivity index (χ4v) is 4.16. The quantitative estimate of drug-likeness (QED) is 0.704. The lowest BCUT2D eigenvalue weighted by Crippen LogP contribution is -2.47. The predicted octanol–water partition coefficient (Wildman–Crippen LogP) is 3.12. The number of thiazole rings is 1. The van der Waals surface area contributed by atoms with Gasteiger partial charge in [-0.05, 0) is 26.8 Å². The van der Waals surface area contributed by atoms with Gasteiger partial charge in [-0.15, -0.1) is 11.3 Å². The molecule has 0 radical (unpaired) electrons. The number of piperazine rings is 1. The molecular formula is C18H21FN6S. The van der Waals surface area contributed by atoms with Gasteiger partial charge in [0.15, 0.2) is 5.65 Å². The Labute approximate surface area is 155 Å². The van der Waals surface area contributed by atoms with Crippen molar-refractivity contribution in [3.8, 4) is 0 Å². The van der Waals surface area contributed by atoms with Crippen molar-refractivity contribution in [3.05, 3.63) is 40.7 Å². The molecule has 1 aliphatic rings. The second kappa shape index (κ2) is 6.85. The van der Waals surface area contributed by atoms with Gasteiger partial charge in [-0.3, -0.25) is 9.88 Å². The molecule has 3 aromatic heterocycles. The van der Waals surface area contributed by atoms with E-state index in [4.69, 9.17) is 0 Å². The number of hydrogen-bond acceptors (Lipinski definition) is 7. The third-order valence-electron chi connectivity index (χ3n) is 4.79. The first-order chi connectivity index (χ1) is 12.5. The average Bonchev–Trinajstić information content (AvgIpc) is 2.99. The van der Waals surface area contributed by atoms with Crippen LogP contribution in [0.25, 0.3) is 10.3 Å². The molecule has 3 aromatic rings. The second-order valence-electron chi connectivity index (χ2n) is 6.63. The molecule has 0 amide bonds. The molecule has 4 heterocycles. The number of fused-ring (bicyclic) bond motifs is 1. The van der Waals surface area contributed by atoms with Gasteiger partial charge in [-0.25, -0.2) is 19.3 Å². The maximum Gasteiger partial charge on any atom is 0.171 e. The monoisotopic (exact) mass is 372 g/mol. The summed E-state index contributed by atoms with van der Waals surface area (Å²) in [7, 11) is 0. The number of nitrogens with zero attached hydrogens (tertiary/aromatic N) is 6. The zero-order valence-electron chi connectivity index (χ0n) is 15.1. The van der Waals surface area contributed by atoms with Crippen LogP contribution < -0.4 is 4.90 Å². The van der Waals surface area contributed by atoms with Crippen molar-refractivity contribution in [2.24, 2.45) is 0 Å². The molecular weight excluding hydrogens is 351 g/mol. The van der Waals surface area contributed by atoms with Crippen molar-refractivity contribution in [1.82, 2.24) is 24.8 Å². The van der Waals surface area contributed by atoms with Gasteiger partial charge in [0.05, 0.1) is 33.3 Å². The minimum absolute atomic E-state index is 0.0906. The van der Waals surface area contributed by atoms with E-state index in [0.29, 0.717) is 11.3 Å². The highest BCUT2D eigenvalue weighted by atomic mass is 32.1. The first kappa shape index (κ1) is 17.2. The summed E-state index contributed by atoms with van der Waals surface area (Å²) in [5, 5.41) is 0.907. The van der Waals surface area contributed by atoms with Crippen molar-refractivity contribution >= 4 is 27.5 Å². The first-order valence-electron chi connectivity index (χ1n) is 8.72. The number of hydrogen-bond donors (Lipinski definition) is 0. The second-order valence-corrected chi connectivity index (χ2v) is 7.86. The van der Waals surface area contributed by atoms with Crippen molar-refractivity contribution in [2.45, 2.75) is 26.8 Å².